The molecule has 0 saturated carbocycles. The Morgan fingerprint density at radius 1 is 0.950 bits per heavy atom. The Balaban J connectivity index is 3.32. The van der Waals surface area contributed by atoms with Crippen molar-refractivity contribution in [1.82, 2.24) is 0 Å². The zero-order chi connectivity index (χ0) is 15.3. The molecule has 1 nitrogen and oxygen atoms in total. The first-order valence-electron chi connectivity index (χ1n) is 8.12. The van der Waals surface area contributed by atoms with Gasteiger partial charge in [0.1, 0.15) is 0 Å². The fraction of sp³-hybridized carbons (Fsp3) is 0.882. The Morgan fingerprint density at radius 3 is 1.85 bits per heavy atom. The third-order valence-corrected chi connectivity index (χ3v) is 4.84. The number of hydrogen-bond donors (Lipinski definition) is 0. The van der Waals surface area contributed by atoms with Crippen LogP contribution in [0.5, 0.6) is 0 Å². The van der Waals surface area contributed by atoms with Crippen LogP contribution in [-0.2, 0) is 0 Å². The van der Waals surface area contributed by atoms with E-state index < -0.39 is 0 Å². The maximum Gasteiger partial charge on any atom is 0.277 e. The second kappa shape index (κ2) is 12.7. The van der Waals surface area contributed by atoms with E-state index in [0.29, 0.717) is 0 Å². The normalized spacial score (nSPS) is 11.3. The second-order valence-corrected chi connectivity index (χ2v) is 8.41. The second-order valence-electron chi connectivity index (χ2n) is 5.96. The van der Waals surface area contributed by atoms with Crippen molar-refractivity contribution in [2.45, 2.75) is 96.3 Å². The number of thioether (sulfide) groups is 1. The van der Waals surface area contributed by atoms with Gasteiger partial charge in [-0.1, -0.05) is 76.9 Å². The molecule has 3 heteroatoms. The van der Waals surface area contributed by atoms with Crippen LogP contribution in [0.4, 0.5) is 0 Å². The lowest BCUT2D eigenvalue weighted by Gasteiger charge is -2.10. The molecule has 0 heterocycles. The van der Waals surface area contributed by atoms with Gasteiger partial charge in [0.25, 0.3) is 4.87 Å². The molecule has 20 heavy (non-hydrogen) atoms. The highest BCUT2D eigenvalue weighted by Crippen LogP contribution is 2.29. The lowest BCUT2D eigenvalue weighted by Crippen LogP contribution is -2.10. The molecule has 0 fully saturated rings. The van der Waals surface area contributed by atoms with Crippen LogP contribution in [-0.4, -0.2) is 9.07 Å². The van der Waals surface area contributed by atoms with Gasteiger partial charge in [-0.3, -0.25) is 4.85 Å². The van der Waals surface area contributed by atoms with Gasteiger partial charge in [0.15, 0.2) is 0 Å². The molecule has 0 rings (SSSR count). The summed E-state index contributed by atoms with van der Waals surface area (Å²) in [4.78, 5) is 3.21. The smallest absolute Gasteiger partial charge is 0.277 e. The summed E-state index contributed by atoms with van der Waals surface area (Å²) in [6, 6.07) is 0. The summed E-state index contributed by atoms with van der Waals surface area (Å²) in [7, 11) is 0. The zero-order valence-electron chi connectivity index (χ0n) is 13.5. The highest BCUT2D eigenvalue weighted by Gasteiger charge is 2.25. The molecule has 116 valence electrons. The molecule has 0 N–H and O–H groups in total. The van der Waals surface area contributed by atoms with Crippen molar-refractivity contribution in [3.05, 3.63) is 11.4 Å². The highest BCUT2D eigenvalue weighted by molar-refractivity contribution is 8.24. The molecule has 0 atom stereocenters. The van der Waals surface area contributed by atoms with E-state index in [2.05, 4.69) is 11.8 Å². The predicted octanol–water partition coefficient (Wildman–Crippen LogP) is 7.01. The van der Waals surface area contributed by atoms with Gasteiger partial charge in [-0.15, -0.1) is 0 Å². The Kier molecular flexibility index (Phi) is 12.6. The van der Waals surface area contributed by atoms with Crippen LogP contribution in [0.25, 0.3) is 4.85 Å². The average Bonchev–Trinajstić information content (AvgIpc) is 2.40. The van der Waals surface area contributed by atoms with Crippen molar-refractivity contribution in [1.29, 1.82) is 0 Å². The summed E-state index contributed by atoms with van der Waals surface area (Å²) in [5.74, 6) is 0. The van der Waals surface area contributed by atoms with Crippen LogP contribution in [0.2, 0.25) is 0 Å². The first kappa shape index (κ1) is 19.9. The zero-order valence-corrected chi connectivity index (χ0v) is 15.2. The van der Waals surface area contributed by atoms with Crippen molar-refractivity contribution in [2.24, 2.45) is 0 Å². The summed E-state index contributed by atoms with van der Waals surface area (Å²) in [5, 5.41) is 0. The van der Waals surface area contributed by atoms with Gasteiger partial charge in [0.2, 0.25) is 0 Å². The summed E-state index contributed by atoms with van der Waals surface area (Å²) >= 11 is 6.91. The van der Waals surface area contributed by atoms with Gasteiger partial charge in [0.05, 0.1) is 4.20 Å². The minimum Gasteiger partial charge on any atom is -0.299 e. The standard InChI is InChI=1S/C17H31NS2/c1-5-6-7-8-9-10-11-12-13-14-15-16(19)20-17(2,3)18-4/h5-15H2,1-3H3. The molecule has 0 bridgehead atoms. The molecule has 0 aliphatic heterocycles. The summed E-state index contributed by atoms with van der Waals surface area (Å²) in [6.45, 7) is 13.2. The Hall–Kier alpha value is -0.0700. The Morgan fingerprint density at radius 2 is 1.40 bits per heavy atom. The molecule has 0 aromatic heterocycles. The van der Waals surface area contributed by atoms with E-state index in [0.717, 1.165) is 10.6 Å². The van der Waals surface area contributed by atoms with Crippen LogP contribution in [0.15, 0.2) is 0 Å². The molecular formula is C17H31NS2. The van der Waals surface area contributed by atoms with Crippen LogP contribution < -0.4 is 0 Å². The van der Waals surface area contributed by atoms with Gasteiger partial charge < -0.3 is 0 Å². The molecule has 0 amide bonds. The first-order valence-corrected chi connectivity index (χ1v) is 9.34. The van der Waals surface area contributed by atoms with Crippen LogP contribution in [0.1, 0.15) is 91.4 Å². The van der Waals surface area contributed by atoms with Gasteiger partial charge in [0, 0.05) is 13.8 Å². The minimum atomic E-state index is -0.379. The largest absolute Gasteiger partial charge is 0.299 e. The Labute approximate surface area is 136 Å². The fourth-order valence-electron chi connectivity index (χ4n) is 2.11. The summed E-state index contributed by atoms with van der Waals surface area (Å²) in [6.07, 6.45) is 14.6. The third kappa shape index (κ3) is 12.9. The van der Waals surface area contributed by atoms with Crippen molar-refractivity contribution < 1.29 is 0 Å². The molecule has 0 radical (unpaired) electrons. The quantitative estimate of drug-likeness (QED) is 0.217. The average molecular weight is 314 g/mol. The summed E-state index contributed by atoms with van der Waals surface area (Å²) in [5.41, 5.74) is 0. The van der Waals surface area contributed by atoms with E-state index in [1.165, 1.54) is 64.2 Å². The van der Waals surface area contributed by atoms with Crippen LogP contribution in [0.3, 0.4) is 0 Å². The number of nitrogens with zero attached hydrogens (tertiary/aromatic N) is 1. The number of unbranched alkanes of at least 4 members (excludes halogenated alkanes) is 9. The van der Waals surface area contributed by atoms with Crippen molar-refractivity contribution in [3.63, 3.8) is 0 Å². The van der Waals surface area contributed by atoms with Crippen LogP contribution in [0, 0.1) is 6.57 Å². The fourth-order valence-corrected chi connectivity index (χ4v) is 3.71. The molecule has 0 spiro atoms. The molecular weight excluding hydrogens is 282 g/mol. The van der Waals surface area contributed by atoms with E-state index in [1.807, 2.05) is 13.8 Å². The first-order chi connectivity index (χ1) is 9.52. The SMILES string of the molecule is [C-]#[N+]C(C)(C)SC(=S)CCCCCCCCCCCC. The number of thiocarbonyl (C=S) groups is 1. The maximum absolute atomic E-state index is 7.09. The monoisotopic (exact) mass is 313 g/mol. The Bertz CT molecular complexity index is 292. The molecule has 0 aliphatic carbocycles. The van der Waals surface area contributed by atoms with Gasteiger partial charge in [-0.25, -0.2) is 6.57 Å². The van der Waals surface area contributed by atoms with Crippen molar-refractivity contribution in [3.8, 4) is 0 Å². The minimum absolute atomic E-state index is 0.379. The van der Waals surface area contributed by atoms with Crippen molar-refractivity contribution in [2.75, 3.05) is 0 Å². The van der Waals surface area contributed by atoms with Gasteiger partial charge in [-0.05, 0) is 24.6 Å². The molecule has 0 saturated heterocycles. The van der Waals surface area contributed by atoms with Crippen molar-refractivity contribution >= 4 is 28.2 Å². The lowest BCUT2D eigenvalue weighted by atomic mass is 10.1. The highest BCUT2D eigenvalue weighted by atomic mass is 32.2. The van der Waals surface area contributed by atoms with E-state index in [1.54, 1.807) is 11.8 Å². The van der Waals surface area contributed by atoms with E-state index in [9.17, 15) is 0 Å². The molecule has 0 unspecified atom stereocenters. The molecule has 0 aromatic carbocycles. The van der Waals surface area contributed by atoms with Crippen LogP contribution >= 0.6 is 24.0 Å². The van der Waals surface area contributed by atoms with E-state index in [4.69, 9.17) is 18.8 Å². The topological polar surface area (TPSA) is 4.36 Å². The molecule has 0 aliphatic rings. The van der Waals surface area contributed by atoms with Gasteiger partial charge in [-0.2, -0.15) is 0 Å². The lowest BCUT2D eigenvalue weighted by molar-refractivity contribution is 0.559. The summed E-state index contributed by atoms with van der Waals surface area (Å²) < 4.78 is 1.01. The molecule has 0 aromatic rings. The van der Waals surface area contributed by atoms with E-state index in [-0.39, 0.29) is 4.87 Å². The number of hydrogen-bond acceptors (Lipinski definition) is 2. The maximum atomic E-state index is 7.09. The van der Waals surface area contributed by atoms with Gasteiger partial charge >= 0.3 is 0 Å². The number of rotatable bonds is 12. The van der Waals surface area contributed by atoms with E-state index >= 15 is 0 Å². The predicted molar refractivity (Wildman–Crippen MR) is 97.3 cm³/mol. The third-order valence-electron chi connectivity index (χ3n) is 3.37.